The summed E-state index contributed by atoms with van der Waals surface area (Å²) in [5, 5.41) is 3.90. The quantitative estimate of drug-likeness (QED) is 0.661. The number of amidine groups is 1. The second-order valence-electron chi connectivity index (χ2n) is 7.71. The molecule has 1 saturated heterocycles. The van der Waals surface area contributed by atoms with Gasteiger partial charge in [-0.2, -0.15) is 0 Å². The summed E-state index contributed by atoms with van der Waals surface area (Å²) in [5.41, 5.74) is 2.49. The highest BCUT2D eigenvalue weighted by atomic mass is 35.5. The van der Waals surface area contributed by atoms with Crippen LogP contribution in [-0.2, 0) is 21.1 Å². The van der Waals surface area contributed by atoms with Gasteiger partial charge < -0.3 is 15.0 Å². The Bertz CT molecular complexity index is 1150. The lowest BCUT2D eigenvalue weighted by Gasteiger charge is -2.24. The number of aliphatic imine (C=N–C) groups is 1. The molecule has 1 fully saturated rings. The summed E-state index contributed by atoms with van der Waals surface area (Å²) in [5.74, 6) is 0.416. The van der Waals surface area contributed by atoms with Crippen LogP contribution in [0.25, 0.3) is 0 Å². The maximum atomic E-state index is 13.0. The molecule has 32 heavy (non-hydrogen) atoms. The Kier molecular flexibility index (Phi) is 6.69. The Morgan fingerprint density at radius 3 is 2.66 bits per heavy atom. The summed E-state index contributed by atoms with van der Waals surface area (Å²) < 4.78 is 29.2. The average Bonchev–Trinajstić information content (AvgIpc) is 3.25. The zero-order valence-corrected chi connectivity index (χ0v) is 20.1. The molecule has 7 nitrogen and oxygen atoms in total. The molecule has 0 bridgehead atoms. The fourth-order valence-corrected chi connectivity index (χ4v) is 7.72. The van der Waals surface area contributed by atoms with Gasteiger partial charge in [-0.3, -0.25) is 9.79 Å². The van der Waals surface area contributed by atoms with E-state index in [1.54, 1.807) is 18.2 Å². The van der Waals surface area contributed by atoms with E-state index in [-0.39, 0.29) is 35.2 Å². The van der Waals surface area contributed by atoms with Gasteiger partial charge >= 0.3 is 0 Å². The van der Waals surface area contributed by atoms with Gasteiger partial charge in [0.2, 0.25) is 5.91 Å². The summed E-state index contributed by atoms with van der Waals surface area (Å²) in [6.45, 7) is 2.09. The number of amides is 1. The molecule has 4 rings (SSSR count). The number of methoxy groups -OCH3 is 1. The molecule has 2 aliphatic rings. The molecule has 2 aliphatic heterocycles. The van der Waals surface area contributed by atoms with Crippen LogP contribution in [0.3, 0.4) is 0 Å². The molecule has 0 radical (unpaired) electrons. The van der Waals surface area contributed by atoms with E-state index in [4.69, 9.17) is 16.3 Å². The smallest absolute Gasteiger partial charge is 0.244 e. The molecule has 0 saturated carbocycles. The first-order chi connectivity index (χ1) is 15.3. The van der Waals surface area contributed by atoms with E-state index in [1.165, 1.54) is 24.4 Å². The third kappa shape index (κ3) is 5.05. The predicted molar refractivity (Wildman–Crippen MR) is 131 cm³/mol. The highest BCUT2D eigenvalue weighted by molar-refractivity contribution is 8.15. The predicted octanol–water partition coefficient (Wildman–Crippen LogP) is 3.62. The van der Waals surface area contributed by atoms with E-state index in [9.17, 15) is 13.2 Å². The molecule has 0 spiro atoms. The summed E-state index contributed by atoms with van der Waals surface area (Å²) >= 11 is 7.51. The lowest BCUT2D eigenvalue weighted by Crippen LogP contribution is -2.36. The number of benzene rings is 2. The standard InChI is InChI=1S/C22H24ClN3O4S2/c1-3-14-4-7-16(8-5-14)26(22-25-18-12-32(28,29)13-20(18)31-22)11-21(27)24-17-10-15(23)6-9-19(17)30-2/h4-10,18,20H,3,11-13H2,1-2H3,(H,24,27)/t18-,20-/m0/s1. The third-order valence-electron chi connectivity index (χ3n) is 5.43. The number of sulfone groups is 1. The zero-order valence-electron chi connectivity index (χ0n) is 17.7. The monoisotopic (exact) mass is 493 g/mol. The minimum absolute atomic E-state index is 0.0131. The minimum atomic E-state index is -3.06. The fourth-order valence-electron chi connectivity index (χ4n) is 3.76. The van der Waals surface area contributed by atoms with Crippen LogP contribution in [0, 0.1) is 0 Å². The van der Waals surface area contributed by atoms with Gasteiger partial charge in [0.1, 0.15) is 12.3 Å². The number of thioether (sulfide) groups is 1. The maximum absolute atomic E-state index is 13.0. The number of rotatable bonds is 6. The highest BCUT2D eigenvalue weighted by Crippen LogP contribution is 2.37. The van der Waals surface area contributed by atoms with Crippen LogP contribution in [0.5, 0.6) is 5.75 Å². The Morgan fingerprint density at radius 2 is 2.00 bits per heavy atom. The number of ether oxygens (including phenoxy) is 1. The van der Waals surface area contributed by atoms with Gasteiger partial charge in [-0.25, -0.2) is 8.42 Å². The first-order valence-corrected chi connectivity index (χ1v) is 13.3. The van der Waals surface area contributed by atoms with Crippen LogP contribution < -0.4 is 15.0 Å². The Labute approximate surface area is 197 Å². The van der Waals surface area contributed by atoms with E-state index in [0.717, 1.165) is 12.1 Å². The highest BCUT2D eigenvalue weighted by Gasteiger charge is 2.44. The fraction of sp³-hybridized carbons (Fsp3) is 0.364. The maximum Gasteiger partial charge on any atom is 0.244 e. The van der Waals surface area contributed by atoms with Crippen molar-refractivity contribution in [3.05, 3.63) is 53.1 Å². The van der Waals surface area contributed by atoms with Crippen LogP contribution in [0.1, 0.15) is 12.5 Å². The SMILES string of the molecule is CCc1ccc(N(CC(=O)Nc2cc(Cl)ccc2OC)C2=N[C@H]3CS(=O)(=O)C[C@@H]3S2)cc1. The number of anilines is 2. The number of hydrogen-bond acceptors (Lipinski definition) is 7. The number of carbonyl (C=O) groups is 1. The van der Waals surface area contributed by atoms with E-state index in [2.05, 4.69) is 17.2 Å². The van der Waals surface area contributed by atoms with Gasteiger partial charge in [0.05, 0.1) is 30.3 Å². The zero-order chi connectivity index (χ0) is 22.9. The largest absolute Gasteiger partial charge is 0.495 e. The van der Waals surface area contributed by atoms with Crippen molar-refractivity contribution in [2.45, 2.75) is 24.6 Å². The molecule has 2 aromatic rings. The molecule has 2 heterocycles. The van der Waals surface area contributed by atoms with Gasteiger partial charge in [0.25, 0.3) is 0 Å². The van der Waals surface area contributed by atoms with Crippen molar-refractivity contribution >= 4 is 55.6 Å². The van der Waals surface area contributed by atoms with Gasteiger partial charge in [-0.1, -0.05) is 42.4 Å². The molecule has 170 valence electrons. The normalized spacial score (nSPS) is 21.0. The summed E-state index contributed by atoms with van der Waals surface area (Å²) in [6, 6.07) is 12.7. The lowest BCUT2D eigenvalue weighted by molar-refractivity contribution is -0.114. The number of nitrogens with one attached hydrogen (secondary N) is 1. The van der Waals surface area contributed by atoms with Crippen molar-refractivity contribution < 1.29 is 17.9 Å². The van der Waals surface area contributed by atoms with E-state index < -0.39 is 9.84 Å². The number of carbonyl (C=O) groups excluding carboxylic acids is 1. The molecule has 1 amide bonds. The summed E-state index contributed by atoms with van der Waals surface area (Å²) in [7, 11) is -1.53. The number of nitrogens with zero attached hydrogens (tertiary/aromatic N) is 2. The van der Waals surface area contributed by atoms with Crippen LogP contribution in [0.4, 0.5) is 11.4 Å². The number of aryl methyl sites for hydroxylation is 1. The Hall–Kier alpha value is -2.23. The minimum Gasteiger partial charge on any atom is -0.495 e. The molecule has 2 aromatic carbocycles. The molecular formula is C22H24ClN3O4S2. The number of hydrogen-bond donors (Lipinski definition) is 1. The van der Waals surface area contributed by atoms with E-state index in [1.807, 2.05) is 29.2 Å². The van der Waals surface area contributed by atoms with Crippen molar-refractivity contribution in [1.29, 1.82) is 0 Å². The second-order valence-corrected chi connectivity index (χ2v) is 11.5. The van der Waals surface area contributed by atoms with Crippen LogP contribution >= 0.6 is 23.4 Å². The number of halogens is 1. The molecule has 0 aliphatic carbocycles. The lowest BCUT2D eigenvalue weighted by atomic mass is 10.1. The van der Waals surface area contributed by atoms with E-state index in [0.29, 0.717) is 21.6 Å². The topological polar surface area (TPSA) is 88.1 Å². The Balaban J connectivity index is 1.58. The van der Waals surface area contributed by atoms with E-state index >= 15 is 0 Å². The van der Waals surface area contributed by atoms with Crippen LogP contribution in [-0.4, -0.2) is 55.9 Å². The van der Waals surface area contributed by atoms with Crippen LogP contribution in [0.2, 0.25) is 5.02 Å². The van der Waals surface area contributed by atoms with Gasteiger partial charge in [0, 0.05) is 16.0 Å². The van der Waals surface area contributed by atoms with Crippen LogP contribution in [0.15, 0.2) is 47.5 Å². The molecule has 0 unspecified atom stereocenters. The first-order valence-electron chi connectivity index (χ1n) is 10.2. The summed E-state index contributed by atoms with van der Waals surface area (Å²) in [6.07, 6.45) is 0.910. The van der Waals surface area contributed by atoms with Crippen molar-refractivity contribution in [3.8, 4) is 5.75 Å². The third-order valence-corrected chi connectivity index (χ3v) is 8.91. The van der Waals surface area contributed by atoms with Crippen molar-refractivity contribution in [1.82, 2.24) is 0 Å². The van der Waals surface area contributed by atoms with Gasteiger partial charge in [0.15, 0.2) is 15.0 Å². The molecule has 1 N–H and O–H groups in total. The first kappa shape index (κ1) is 22.9. The Morgan fingerprint density at radius 1 is 1.25 bits per heavy atom. The molecule has 10 heteroatoms. The average molecular weight is 494 g/mol. The molecule has 2 atom stereocenters. The second kappa shape index (κ2) is 9.33. The number of fused-ring (bicyclic) bond motifs is 1. The van der Waals surface area contributed by atoms with Crippen molar-refractivity contribution in [3.63, 3.8) is 0 Å². The van der Waals surface area contributed by atoms with Crippen molar-refractivity contribution in [2.75, 3.05) is 35.4 Å². The van der Waals surface area contributed by atoms with Crippen molar-refractivity contribution in [2.24, 2.45) is 4.99 Å². The summed E-state index contributed by atoms with van der Waals surface area (Å²) in [4.78, 5) is 19.5. The molecular weight excluding hydrogens is 470 g/mol. The molecule has 0 aromatic heterocycles. The van der Waals surface area contributed by atoms with Gasteiger partial charge in [-0.15, -0.1) is 0 Å². The van der Waals surface area contributed by atoms with Gasteiger partial charge in [-0.05, 0) is 42.3 Å².